The van der Waals surface area contributed by atoms with Gasteiger partial charge in [0, 0.05) is 11.1 Å². The van der Waals surface area contributed by atoms with E-state index < -0.39 is 10.2 Å². The number of carbonyl (C=O) groups is 1. The number of carbonyl (C=O) groups excluding carboxylic acids is 1. The number of thiazole rings is 1. The van der Waals surface area contributed by atoms with Crippen molar-refractivity contribution in [2.24, 2.45) is 0 Å². The van der Waals surface area contributed by atoms with Gasteiger partial charge in [-0.25, -0.2) is 4.98 Å². The minimum atomic E-state index is -4.69. The van der Waals surface area contributed by atoms with E-state index in [0.717, 1.165) is 18.0 Å². The zero-order valence-corrected chi connectivity index (χ0v) is 13.2. The molecule has 0 aromatic carbocycles. The van der Waals surface area contributed by atoms with E-state index in [1.54, 1.807) is 6.20 Å². The highest BCUT2D eigenvalue weighted by Gasteiger charge is 2.14. The van der Waals surface area contributed by atoms with Gasteiger partial charge in [0.25, 0.3) is 0 Å². The second kappa shape index (κ2) is 8.59. The molecule has 8 nitrogen and oxygen atoms in total. The van der Waals surface area contributed by atoms with E-state index in [0.29, 0.717) is 11.7 Å². The number of rotatable bonds is 3. The van der Waals surface area contributed by atoms with Gasteiger partial charge in [0.2, 0.25) is 5.91 Å². The first kappa shape index (κ1) is 18.2. The molecule has 0 saturated carbocycles. The summed E-state index contributed by atoms with van der Waals surface area (Å²) in [6.07, 6.45) is 5.50. The number of aromatic nitrogens is 1. The summed E-state index contributed by atoms with van der Waals surface area (Å²) in [6, 6.07) is 0. The maximum atomic E-state index is 11.7. The lowest BCUT2D eigenvalue weighted by atomic mass is 10.1. The normalized spacial score (nSPS) is 16.0. The Labute approximate surface area is 128 Å². The van der Waals surface area contributed by atoms with Crippen LogP contribution in [0.3, 0.4) is 0 Å². The molecule has 1 fully saturated rings. The van der Waals surface area contributed by atoms with Gasteiger partial charge in [0.15, 0.2) is 5.13 Å². The second-order valence-electron chi connectivity index (χ2n) is 4.56. The van der Waals surface area contributed by atoms with Gasteiger partial charge in [-0.15, -0.1) is 11.3 Å². The molecule has 1 amide bonds. The number of likely N-dealkylation sites (tertiary alicyclic amines) is 1. The van der Waals surface area contributed by atoms with Gasteiger partial charge in [0.05, 0.1) is 21.4 Å². The van der Waals surface area contributed by atoms with Crippen LogP contribution in [0.4, 0.5) is 5.13 Å². The van der Waals surface area contributed by atoms with E-state index in [2.05, 4.69) is 15.2 Å². The van der Waals surface area contributed by atoms with Crippen molar-refractivity contribution in [3.8, 4) is 0 Å². The van der Waals surface area contributed by atoms with Crippen molar-refractivity contribution in [2.45, 2.75) is 26.2 Å². The molecule has 1 aliphatic rings. The Kier molecular flexibility index (Phi) is 7.46. The number of amides is 1. The maximum absolute atomic E-state index is 11.7. The summed E-state index contributed by atoms with van der Waals surface area (Å²) in [6.45, 7) is 4.57. The average molecular weight is 340 g/mol. The van der Waals surface area contributed by atoms with Crippen molar-refractivity contribution in [2.75, 3.05) is 25.0 Å². The van der Waals surface area contributed by atoms with Crippen LogP contribution in [-0.4, -0.2) is 40.1 Å². The summed E-state index contributed by atoms with van der Waals surface area (Å²) in [7, 11) is -4.69. The minimum absolute atomic E-state index is 0.0521. The maximum Gasteiger partial charge on any atom is 0.240 e. The summed E-state index contributed by atoms with van der Waals surface area (Å²) in [5.41, 5.74) is 0. The van der Waals surface area contributed by atoms with Gasteiger partial charge in [-0.1, -0.05) is 6.42 Å². The Morgan fingerprint density at radius 2 is 2.00 bits per heavy atom. The lowest BCUT2D eigenvalue weighted by molar-refractivity contribution is -1.92. The fourth-order valence-electron chi connectivity index (χ4n) is 1.89. The van der Waals surface area contributed by atoms with E-state index >= 15 is 0 Å². The number of halogens is 1. The molecule has 1 saturated heterocycles. The average Bonchev–Trinajstić information content (AvgIpc) is 2.73. The fraction of sp³-hybridized carbons (Fsp3) is 0.636. The molecule has 1 aromatic heterocycles. The zero-order valence-electron chi connectivity index (χ0n) is 11.6. The van der Waals surface area contributed by atoms with Crippen LogP contribution in [-0.2, 0) is 4.79 Å². The van der Waals surface area contributed by atoms with E-state index in [1.807, 2.05) is 6.92 Å². The number of hydrogen-bond donors (Lipinski definition) is 2. The molecule has 0 atom stereocenters. The van der Waals surface area contributed by atoms with Crippen LogP contribution >= 0.6 is 11.3 Å². The molecule has 0 spiro atoms. The first-order valence-corrected chi connectivity index (χ1v) is 8.40. The van der Waals surface area contributed by atoms with Gasteiger partial charge in [-0.2, -0.15) is 14.0 Å². The number of hydrogen-bond acceptors (Lipinski definition) is 8. The molecule has 0 unspecified atom stereocenters. The van der Waals surface area contributed by atoms with Crippen molar-refractivity contribution in [3.05, 3.63) is 11.1 Å². The molecule has 0 bridgehead atoms. The number of nitrogens with one attached hydrogen (secondary N) is 1. The van der Waals surface area contributed by atoms with Gasteiger partial charge in [-0.05, 0) is 32.9 Å². The molecule has 10 heteroatoms. The molecule has 21 heavy (non-hydrogen) atoms. The molecule has 1 aromatic rings. The van der Waals surface area contributed by atoms with Crippen molar-refractivity contribution in [1.82, 2.24) is 9.88 Å². The Morgan fingerprint density at radius 3 is 2.48 bits per heavy atom. The fourth-order valence-corrected chi connectivity index (χ4v) is 2.57. The lowest BCUT2D eigenvalue weighted by Gasteiger charge is -2.25. The summed E-state index contributed by atoms with van der Waals surface area (Å²) in [5, 5.41) is 3.54. The van der Waals surface area contributed by atoms with Crippen molar-refractivity contribution in [1.29, 1.82) is 0 Å². The highest BCUT2D eigenvalue weighted by molar-refractivity contribution is 7.15. The highest BCUT2D eigenvalue weighted by Crippen LogP contribution is 2.16. The Bertz CT molecular complexity index is 439. The predicted molar refractivity (Wildman–Crippen MR) is 68.0 cm³/mol. The molecule has 0 aliphatic carbocycles. The lowest BCUT2D eigenvalue weighted by Crippen LogP contribution is -2.58. The monoisotopic (exact) mass is 339 g/mol. The van der Waals surface area contributed by atoms with Gasteiger partial charge < -0.3 is 5.32 Å². The third-order valence-electron chi connectivity index (χ3n) is 2.68. The van der Waals surface area contributed by atoms with Crippen molar-refractivity contribution in [3.63, 3.8) is 0 Å². The molecular formula is C11H18ClN3O5S. The van der Waals surface area contributed by atoms with Crippen LogP contribution in [0.2, 0.25) is 0 Å². The van der Waals surface area contributed by atoms with Gasteiger partial charge in [-0.3, -0.25) is 9.69 Å². The summed E-state index contributed by atoms with van der Waals surface area (Å²) in [4.78, 5) is 19.1. The molecule has 1 aliphatic heterocycles. The van der Waals surface area contributed by atoms with Gasteiger partial charge in [0.1, 0.15) is 0 Å². The Morgan fingerprint density at radius 1 is 1.43 bits per heavy atom. The van der Waals surface area contributed by atoms with Crippen LogP contribution in [0.1, 0.15) is 24.1 Å². The molecular weight excluding hydrogens is 322 g/mol. The zero-order chi connectivity index (χ0) is 15.9. The van der Waals surface area contributed by atoms with E-state index in [1.165, 1.54) is 30.6 Å². The van der Waals surface area contributed by atoms with Crippen LogP contribution < -0.4 is 19.3 Å². The number of aryl methyl sites for hydroxylation is 1. The molecule has 120 valence electrons. The number of piperidine rings is 1. The van der Waals surface area contributed by atoms with Gasteiger partial charge >= 0.3 is 0 Å². The Balaban J connectivity index is 0.000000383. The van der Waals surface area contributed by atoms with E-state index in [4.69, 9.17) is 18.6 Å². The molecule has 2 N–H and O–H groups in total. The first-order valence-electron chi connectivity index (χ1n) is 6.32. The number of nitrogens with zero attached hydrogens (tertiary/aromatic N) is 2. The molecule has 2 rings (SSSR count). The first-order chi connectivity index (χ1) is 9.74. The standard InChI is InChI=1S/C11H17N3OS.ClHO4/c1-9-7-12-11(16-9)13-10(15)8-14-5-3-2-4-6-14;2-1(3,4)5/h7H,2-6,8H2,1H3,(H,12,13,15);(H,2,3,4,5). The highest BCUT2D eigenvalue weighted by atomic mass is 35.7. The Hall–Kier alpha value is -0.810. The summed E-state index contributed by atoms with van der Waals surface area (Å²) in [5.74, 6) is 0.0521. The quantitative estimate of drug-likeness (QED) is 0.635. The SMILES string of the molecule is Cc1cnc(NC(=O)CN2CCCCC2)s1.[O-][Cl+3]([O-])([O-])O. The molecule has 2 heterocycles. The smallest absolute Gasteiger partial charge is 0.240 e. The third kappa shape index (κ3) is 9.69. The largest absolute Gasteiger partial charge is 0.301 e. The summed E-state index contributed by atoms with van der Waals surface area (Å²) < 4.78 is 32.7. The van der Waals surface area contributed by atoms with E-state index in [-0.39, 0.29) is 5.91 Å². The van der Waals surface area contributed by atoms with Crippen molar-refractivity contribution < 1.29 is 33.7 Å². The van der Waals surface area contributed by atoms with Crippen molar-refractivity contribution >= 4 is 22.4 Å². The van der Waals surface area contributed by atoms with Crippen LogP contribution in [0.15, 0.2) is 6.20 Å². The topological polar surface area (TPSA) is 135 Å². The summed E-state index contributed by atoms with van der Waals surface area (Å²) >= 11 is 1.52. The molecule has 0 radical (unpaired) electrons. The predicted octanol–water partition coefficient (Wildman–Crippen LogP) is -2.25. The van der Waals surface area contributed by atoms with Crippen LogP contribution in [0.25, 0.3) is 0 Å². The van der Waals surface area contributed by atoms with Crippen LogP contribution in [0.5, 0.6) is 0 Å². The van der Waals surface area contributed by atoms with Crippen LogP contribution in [0, 0.1) is 17.2 Å². The van der Waals surface area contributed by atoms with E-state index in [9.17, 15) is 4.79 Å². The second-order valence-corrected chi connectivity index (χ2v) is 6.58. The minimum Gasteiger partial charge on any atom is -0.301 e. The number of anilines is 1. The third-order valence-corrected chi connectivity index (χ3v) is 3.51.